The SMILES string of the molecule is CCOC(=O)C(F)(F)[C@@H](N)c1ccc(Oc2ccccc2)cc1.Cl. The molecule has 0 amide bonds. The molecule has 0 saturated heterocycles. The Morgan fingerprint density at radius 2 is 1.62 bits per heavy atom. The zero-order chi connectivity index (χ0) is 16.9. The highest BCUT2D eigenvalue weighted by Crippen LogP contribution is 2.32. The minimum Gasteiger partial charge on any atom is -0.462 e. The molecule has 0 unspecified atom stereocenters. The van der Waals surface area contributed by atoms with Gasteiger partial charge in [-0.3, -0.25) is 0 Å². The molecular formula is C17H18ClF2NO3. The average Bonchev–Trinajstić information content (AvgIpc) is 2.56. The fourth-order valence-electron chi connectivity index (χ4n) is 1.93. The first-order chi connectivity index (χ1) is 10.9. The van der Waals surface area contributed by atoms with Crippen LogP contribution in [0.25, 0.3) is 0 Å². The summed E-state index contributed by atoms with van der Waals surface area (Å²) in [4.78, 5) is 11.3. The third-order valence-corrected chi connectivity index (χ3v) is 3.16. The fraction of sp³-hybridized carbons (Fsp3) is 0.235. The molecule has 24 heavy (non-hydrogen) atoms. The molecule has 0 heterocycles. The van der Waals surface area contributed by atoms with Crippen LogP contribution in [0.4, 0.5) is 8.78 Å². The van der Waals surface area contributed by atoms with Crippen LogP contribution < -0.4 is 10.5 Å². The van der Waals surface area contributed by atoms with Crippen LogP contribution in [0.1, 0.15) is 18.5 Å². The van der Waals surface area contributed by atoms with E-state index in [1.54, 1.807) is 12.1 Å². The van der Waals surface area contributed by atoms with Crippen molar-refractivity contribution in [2.24, 2.45) is 5.73 Å². The molecule has 0 saturated carbocycles. The summed E-state index contributed by atoms with van der Waals surface area (Å²) in [6.45, 7) is 1.32. The van der Waals surface area contributed by atoms with Gasteiger partial charge in [-0.1, -0.05) is 30.3 Å². The van der Waals surface area contributed by atoms with Gasteiger partial charge in [0.25, 0.3) is 0 Å². The summed E-state index contributed by atoms with van der Waals surface area (Å²) in [5.41, 5.74) is 5.63. The second-order valence-electron chi connectivity index (χ2n) is 4.81. The second kappa shape index (κ2) is 8.61. The molecule has 2 rings (SSSR count). The molecule has 4 nitrogen and oxygen atoms in total. The molecule has 2 N–H and O–H groups in total. The Morgan fingerprint density at radius 3 is 2.17 bits per heavy atom. The summed E-state index contributed by atoms with van der Waals surface area (Å²) in [5.74, 6) is -4.32. The second-order valence-corrected chi connectivity index (χ2v) is 4.81. The van der Waals surface area contributed by atoms with E-state index in [0.29, 0.717) is 11.5 Å². The van der Waals surface area contributed by atoms with Crippen molar-refractivity contribution in [2.75, 3.05) is 6.61 Å². The van der Waals surface area contributed by atoms with E-state index in [2.05, 4.69) is 4.74 Å². The number of hydrogen-bond donors (Lipinski definition) is 1. The van der Waals surface area contributed by atoms with Crippen LogP contribution in [0.5, 0.6) is 11.5 Å². The van der Waals surface area contributed by atoms with Crippen molar-refractivity contribution in [2.45, 2.75) is 18.9 Å². The van der Waals surface area contributed by atoms with Crippen molar-refractivity contribution in [3.8, 4) is 11.5 Å². The van der Waals surface area contributed by atoms with Crippen LogP contribution in [-0.4, -0.2) is 18.5 Å². The number of carbonyl (C=O) groups excluding carboxylic acids is 1. The predicted molar refractivity (Wildman–Crippen MR) is 88.7 cm³/mol. The first-order valence-corrected chi connectivity index (χ1v) is 7.08. The Bertz CT molecular complexity index is 651. The summed E-state index contributed by atoms with van der Waals surface area (Å²) in [5, 5.41) is 0. The normalized spacial score (nSPS) is 12.0. The molecule has 0 aromatic heterocycles. The third-order valence-electron chi connectivity index (χ3n) is 3.16. The van der Waals surface area contributed by atoms with Gasteiger partial charge in [0, 0.05) is 0 Å². The van der Waals surface area contributed by atoms with Crippen molar-refractivity contribution in [3.05, 3.63) is 60.2 Å². The number of benzene rings is 2. The minimum absolute atomic E-state index is 0. The fourth-order valence-corrected chi connectivity index (χ4v) is 1.93. The molecule has 0 fully saturated rings. The highest BCUT2D eigenvalue weighted by Gasteiger charge is 2.47. The minimum atomic E-state index is -3.79. The lowest BCUT2D eigenvalue weighted by molar-refractivity contribution is -0.174. The zero-order valence-corrected chi connectivity index (χ0v) is 13.8. The van der Waals surface area contributed by atoms with Crippen LogP contribution in [0.15, 0.2) is 54.6 Å². The number of nitrogens with two attached hydrogens (primary N) is 1. The number of ether oxygens (including phenoxy) is 2. The van der Waals surface area contributed by atoms with Gasteiger partial charge in [-0.2, -0.15) is 8.78 Å². The van der Waals surface area contributed by atoms with Gasteiger partial charge < -0.3 is 15.2 Å². The summed E-state index contributed by atoms with van der Waals surface area (Å²) < 4.78 is 37.7. The van der Waals surface area contributed by atoms with Gasteiger partial charge in [0.2, 0.25) is 0 Å². The van der Waals surface area contributed by atoms with E-state index in [1.807, 2.05) is 18.2 Å². The average molecular weight is 358 g/mol. The maximum absolute atomic E-state index is 13.9. The topological polar surface area (TPSA) is 61.5 Å². The lowest BCUT2D eigenvalue weighted by Crippen LogP contribution is -2.41. The van der Waals surface area contributed by atoms with Crippen LogP contribution in [0.3, 0.4) is 0 Å². The Labute approximate surface area is 145 Å². The van der Waals surface area contributed by atoms with Crippen LogP contribution >= 0.6 is 12.4 Å². The van der Waals surface area contributed by atoms with E-state index in [0.717, 1.165) is 0 Å². The van der Waals surface area contributed by atoms with E-state index in [4.69, 9.17) is 10.5 Å². The highest BCUT2D eigenvalue weighted by molar-refractivity contribution is 5.85. The molecule has 0 aliphatic rings. The Kier molecular flexibility index (Phi) is 7.13. The first kappa shape index (κ1) is 19.9. The zero-order valence-electron chi connectivity index (χ0n) is 12.9. The molecular weight excluding hydrogens is 340 g/mol. The van der Waals surface area contributed by atoms with Crippen molar-refractivity contribution < 1.29 is 23.0 Å². The number of hydrogen-bond acceptors (Lipinski definition) is 4. The summed E-state index contributed by atoms with van der Waals surface area (Å²) >= 11 is 0. The summed E-state index contributed by atoms with van der Waals surface area (Å²) in [7, 11) is 0. The van der Waals surface area contributed by atoms with Gasteiger partial charge >= 0.3 is 11.9 Å². The maximum Gasteiger partial charge on any atom is 0.379 e. The van der Waals surface area contributed by atoms with E-state index >= 15 is 0 Å². The number of esters is 1. The molecule has 0 aliphatic heterocycles. The van der Waals surface area contributed by atoms with Gasteiger partial charge in [0.1, 0.15) is 17.5 Å². The predicted octanol–water partition coefficient (Wildman–Crippen LogP) is 4.10. The molecule has 130 valence electrons. The van der Waals surface area contributed by atoms with Crippen LogP contribution in [0, 0.1) is 0 Å². The van der Waals surface area contributed by atoms with Gasteiger partial charge in [-0.15, -0.1) is 12.4 Å². The van der Waals surface area contributed by atoms with E-state index in [-0.39, 0.29) is 24.6 Å². The van der Waals surface area contributed by atoms with Crippen molar-refractivity contribution >= 4 is 18.4 Å². The van der Waals surface area contributed by atoms with Crippen LogP contribution in [0.2, 0.25) is 0 Å². The first-order valence-electron chi connectivity index (χ1n) is 7.08. The maximum atomic E-state index is 13.9. The van der Waals surface area contributed by atoms with Gasteiger partial charge in [0.05, 0.1) is 6.61 Å². The number of carbonyl (C=O) groups is 1. The number of para-hydroxylation sites is 1. The van der Waals surface area contributed by atoms with E-state index < -0.39 is 17.9 Å². The van der Waals surface area contributed by atoms with Crippen molar-refractivity contribution in [1.29, 1.82) is 0 Å². The summed E-state index contributed by atoms with van der Waals surface area (Å²) in [6, 6.07) is 13.1. The standard InChI is InChI=1S/C17H17F2NO3.ClH/c1-2-22-16(21)17(18,19)15(20)12-8-10-14(11-9-12)23-13-6-4-3-5-7-13;/h3-11,15H,2,20H2,1H3;1H/t15-;/m0./s1. The molecule has 2 aromatic carbocycles. The number of rotatable bonds is 6. The van der Waals surface area contributed by atoms with E-state index in [9.17, 15) is 13.6 Å². The molecule has 7 heteroatoms. The third kappa shape index (κ3) is 4.66. The Balaban J connectivity index is 0.00000288. The Hall–Kier alpha value is -2.18. The molecule has 0 aliphatic carbocycles. The largest absolute Gasteiger partial charge is 0.462 e. The van der Waals surface area contributed by atoms with Gasteiger partial charge in [-0.25, -0.2) is 4.79 Å². The van der Waals surface area contributed by atoms with E-state index in [1.165, 1.54) is 31.2 Å². The van der Waals surface area contributed by atoms with Crippen molar-refractivity contribution in [3.63, 3.8) is 0 Å². The quantitative estimate of drug-likeness (QED) is 0.791. The molecule has 1 atom stereocenters. The van der Waals surface area contributed by atoms with Gasteiger partial charge in [-0.05, 0) is 36.8 Å². The molecule has 0 bridgehead atoms. The lowest BCUT2D eigenvalue weighted by Gasteiger charge is -2.22. The number of halogens is 3. The molecule has 0 radical (unpaired) electrons. The lowest BCUT2D eigenvalue weighted by atomic mass is 10.0. The monoisotopic (exact) mass is 357 g/mol. The molecule has 2 aromatic rings. The van der Waals surface area contributed by atoms with Crippen LogP contribution in [-0.2, 0) is 9.53 Å². The number of alkyl halides is 2. The smallest absolute Gasteiger partial charge is 0.379 e. The highest BCUT2D eigenvalue weighted by atomic mass is 35.5. The molecule has 0 spiro atoms. The summed E-state index contributed by atoms with van der Waals surface area (Å²) in [6.07, 6.45) is 0. The van der Waals surface area contributed by atoms with Crippen molar-refractivity contribution in [1.82, 2.24) is 0 Å². The van der Waals surface area contributed by atoms with Gasteiger partial charge in [0.15, 0.2) is 0 Å². The Morgan fingerprint density at radius 1 is 1.08 bits per heavy atom.